The predicted molar refractivity (Wildman–Crippen MR) is 86.3 cm³/mol. The quantitative estimate of drug-likeness (QED) is 0.716. The lowest BCUT2D eigenvalue weighted by Gasteiger charge is -2.26. The highest BCUT2D eigenvalue weighted by Gasteiger charge is 2.41. The SMILES string of the molecule is CS(=O)(=O)N1CCO[C@@H]2CN(C(=O)C3CCSCC3)C[C@@H]2C1. The molecule has 3 saturated heterocycles. The van der Waals surface area contributed by atoms with Crippen LogP contribution in [0.5, 0.6) is 0 Å². The van der Waals surface area contributed by atoms with Crippen LogP contribution in [0.15, 0.2) is 0 Å². The molecule has 0 aliphatic carbocycles. The molecular weight excluding hydrogens is 324 g/mol. The third kappa shape index (κ3) is 3.60. The molecule has 0 aromatic rings. The van der Waals surface area contributed by atoms with Crippen molar-refractivity contribution < 1.29 is 17.9 Å². The lowest BCUT2D eigenvalue weighted by molar-refractivity contribution is -0.135. The van der Waals surface area contributed by atoms with Gasteiger partial charge in [0.05, 0.1) is 19.0 Å². The fourth-order valence-corrected chi connectivity index (χ4v) is 5.52. The highest BCUT2D eigenvalue weighted by atomic mass is 32.2. The molecule has 3 aliphatic rings. The monoisotopic (exact) mass is 348 g/mol. The first-order chi connectivity index (χ1) is 10.4. The maximum Gasteiger partial charge on any atom is 0.225 e. The Morgan fingerprint density at radius 3 is 2.59 bits per heavy atom. The molecule has 22 heavy (non-hydrogen) atoms. The van der Waals surface area contributed by atoms with Crippen molar-refractivity contribution in [2.24, 2.45) is 11.8 Å². The summed E-state index contributed by atoms with van der Waals surface area (Å²) < 4.78 is 30.9. The molecule has 0 aromatic carbocycles. The fraction of sp³-hybridized carbons (Fsp3) is 0.929. The van der Waals surface area contributed by atoms with Crippen LogP contribution in [0.3, 0.4) is 0 Å². The smallest absolute Gasteiger partial charge is 0.225 e. The molecule has 3 heterocycles. The van der Waals surface area contributed by atoms with Gasteiger partial charge in [0.2, 0.25) is 15.9 Å². The van der Waals surface area contributed by atoms with Crippen molar-refractivity contribution in [3.8, 4) is 0 Å². The summed E-state index contributed by atoms with van der Waals surface area (Å²) in [6, 6.07) is 0. The molecule has 0 radical (unpaired) electrons. The summed E-state index contributed by atoms with van der Waals surface area (Å²) in [5, 5.41) is 0. The number of sulfonamides is 1. The Balaban J connectivity index is 1.64. The zero-order valence-corrected chi connectivity index (χ0v) is 14.6. The summed E-state index contributed by atoms with van der Waals surface area (Å²) in [5.74, 6) is 2.61. The van der Waals surface area contributed by atoms with Gasteiger partial charge in [-0.1, -0.05) is 0 Å². The topological polar surface area (TPSA) is 66.9 Å². The van der Waals surface area contributed by atoms with E-state index in [1.165, 1.54) is 10.6 Å². The standard InChI is InChI=1S/C14H24N2O4S2/c1-22(18,19)16-4-5-20-13-10-15(8-12(13)9-16)14(17)11-2-6-21-7-3-11/h11-13H,2-10H2,1H3/t12-,13-/m1/s1. The van der Waals surface area contributed by atoms with Crippen molar-refractivity contribution in [1.29, 1.82) is 0 Å². The molecule has 1 amide bonds. The Bertz CT molecular complexity index is 519. The van der Waals surface area contributed by atoms with E-state index in [0.29, 0.717) is 32.8 Å². The Kier molecular flexibility index (Phi) is 5.01. The lowest BCUT2D eigenvalue weighted by Crippen LogP contribution is -2.39. The number of rotatable bonds is 2. The molecule has 3 rings (SSSR count). The van der Waals surface area contributed by atoms with Gasteiger partial charge in [-0.15, -0.1) is 0 Å². The van der Waals surface area contributed by atoms with E-state index < -0.39 is 10.0 Å². The molecule has 0 aromatic heterocycles. The van der Waals surface area contributed by atoms with Crippen molar-refractivity contribution in [2.75, 3.05) is 50.5 Å². The van der Waals surface area contributed by atoms with Crippen molar-refractivity contribution >= 4 is 27.7 Å². The molecule has 126 valence electrons. The van der Waals surface area contributed by atoms with Gasteiger partial charge in [-0.2, -0.15) is 16.1 Å². The molecule has 0 N–H and O–H groups in total. The maximum absolute atomic E-state index is 12.6. The first-order valence-corrected chi connectivity index (χ1v) is 10.9. The van der Waals surface area contributed by atoms with Gasteiger partial charge in [0, 0.05) is 38.0 Å². The average Bonchev–Trinajstić information content (AvgIpc) is 2.78. The van der Waals surface area contributed by atoms with Crippen LogP contribution in [0.2, 0.25) is 0 Å². The molecule has 0 saturated carbocycles. The summed E-state index contributed by atoms with van der Waals surface area (Å²) in [6.07, 6.45) is 3.15. The summed E-state index contributed by atoms with van der Waals surface area (Å²) in [5.41, 5.74) is 0. The Morgan fingerprint density at radius 1 is 1.18 bits per heavy atom. The van der Waals surface area contributed by atoms with Gasteiger partial charge in [0.15, 0.2) is 0 Å². The second-order valence-electron chi connectivity index (χ2n) is 6.42. The molecule has 6 nitrogen and oxygen atoms in total. The van der Waals surface area contributed by atoms with Gasteiger partial charge in [-0.05, 0) is 24.3 Å². The van der Waals surface area contributed by atoms with Crippen LogP contribution in [0.4, 0.5) is 0 Å². The number of carbonyl (C=O) groups is 1. The molecule has 0 unspecified atom stereocenters. The lowest BCUT2D eigenvalue weighted by atomic mass is 10.0. The third-order valence-corrected chi connectivity index (χ3v) is 7.16. The normalized spacial score (nSPS) is 31.8. The third-order valence-electron chi connectivity index (χ3n) is 4.84. The molecule has 8 heteroatoms. The summed E-state index contributed by atoms with van der Waals surface area (Å²) in [4.78, 5) is 14.5. The zero-order valence-electron chi connectivity index (χ0n) is 12.9. The number of nitrogens with zero attached hydrogens (tertiary/aromatic N) is 2. The van der Waals surface area contributed by atoms with Gasteiger partial charge in [-0.25, -0.2) is 8.42 Å². The predicted octanol–water partition coefficient (Wildman–Crippen LogP) is 0.248. The van der Waals surface area contributed by atoms with E-state index in [0.717, 1.165) is 24.3 Å². The molecule has 0 bridgehead atoms. The molecule has 3 aliphatic heterocycles. The van der Waals surface area contributed by atoms with E-state index in [-0.39, 0.29) is 23.8 Å². The van der Waals surface area contributed by atoms with E-state index in [4.69, 9.17) is 4.74 Å². The summed E-state index contributed by atoms with van der Waals surface area (Å²) in [7, 11) is -3.20. The second kappa shape index (κ2) is 6.67. The van der Waals surface area contributed by atoms with E-state index in [2.05, 4.69) is 0 Å². The van der Waals surface area contributed by atoms with Gasteiger partial charge in [0.25, 0.3) is 0 Å². The van der Waals surface area contributed by atoms with Gasteiger partial charge in [0.1, 0.15) is 0 Å². The number of thioether (sulfide) groups is 1. The highest BCUT2D eigenvalue weighted by molar-refractivity contribution is 7.99. The van der Waals surface area contributed by atoms with Crippen LogP contribution in [0.25, 0.3) is 0 Å². The van der Waals surface area contributed by atoms with Crippen molar-refractivity contribution in [1.82, 2.24) is 9.21 Å². The number of hydrogen-bond acceptors (Lipinski definition) is 5. The minimum Gasteiger partial charge on any atom is -0.375 e. The number of hydrogen-bond donors (Lipinski definition) is 0. The van der Waals surface area contributed by atoms with Crippen LogP contribution < -0.4 is 0 Å². The van der Waals surface area contributed by atoms with E-state index >= 15 is 0 Å². The number of fused-ring (bicyclic) bond motifs is 1. The van der Waals surface area contributed by atoms with Gasteiger partial charge in [-0.3, -0.25) is 4.79 Å². The number of amides is 1. The van der Waals surface area contributed by atoms with Crippen LogP contribution in [-0.2, 0) is 19.6 Å². The minimum absolute atomic E-state index is 0.0198. The number of ether oxygens (including phenoxy) is 1. The van der Waals surface area contributed by atoms with Gasteiger partial charge >= 0.3 is 0 Å². The van der Waals surface area contributed by atoms with E-state index in [1.807, 2.05) is 16.7 Å². The van der Waals surface area contributed by atoms with Crippen LogP contribution in [-0.4, -0.2) is 80.2 Å². The van der Waals surface area contributed by atoms with Crippen LogP contribution in [0.1, 0.15) is 12.8 Å². The Labute approximate surface area is 136 Å². The summed E-state index contributed by atoms with van der Waals surface area (Å²) >= 11 is 1.92. The molecule has 2 atom stereocenters. The Hall–Kier alpha value is -0.310. The average molecular weight is 348 g/mol. The highest BCUT2D eigenvalue weighted by Crippen LogP contribution is 2.29. The van der Waals surface area contributed by atoms with E-state index in [1.54, 1.807) is 0 Å². The van der Waals surface area contributed by atoms with E-state index in [9.17, 15) is 13.2 Å². The minimum atomic E-state index is -3.20. The largest absolute Gasteiger partial charge is 0.375 e. The van der Waals surface area contributed by atoms with Crippen molar-refractivity contribution in [3.63, 3.8) is 0 Å². The first-order valence-electron chi connectivity index (χ1n) is 7.88. The van der Waals surface area contributed by atoms with Crippen molar-refractivity contribution in [3.05, 3.63) is 0 Å². The molecule has 0 spiro atoms. The van der Waals surface area contributed by atoms with Gasteiger partial charge < -0.3 is 9.64 Å². The first kappa shape index (κ1) is 16.5. The summed E-state index contributed by atoms with van der Waals surface area (Å²) in [6.45, 7) is 2.54. The van der Waals surface area contributed by atoms with Crippen LogP contribution in [0, 0.1) is 11.8 Å². The van der Waals surface area contributed by atoms with Crippen LogP contribution >= 0.6 is 11.8 Å². The molecular formula is C14H24N2O4S2. The van der Waals surface area contributed by atoms with Crippen molar-refractivity contribution in [2.45, 2.75) is 18.9 Å². The number of carbonyl (C=O) groups excluding carboxylic acids is 1. The zero-order chi connectivity index (χ0) is 15.7. The number of likely N-dealkylation sites (tertiary alicyclic amines) is 1. The molecule has 3 fully saturated rings. The second-order valence-corrected chi connectivity index (χ2v) is 9.63. The Morgan fingerprint density at radius 2 is 1.91 bits per heavy atom. The fourth-order valence-electron chi connectivity index (χ4n) is 3.55. The maximum atomic E-state index is 12.6.